The summed E-state index contributed by atoms with van der Waals surface area (Å²) in [5, 5.41) is 0.437. The highest BCUT2D eigenvalue weighted by Gasteiger charge is 2.23. The van der Waals surface area contributed by atoms with Gasteiger partial charge in [-0.1, -0.05) is 6.07 Å². The van der Waals surface area contributed by atoms with Crippen molar-refractivity contribution in [3.8, 4) is 0 Å². The quantitative estimate of drug-likeness (QED) is 0.712. The molecule has 3 N–H and O–H groups in total. The van der Waals surface area contributed by atoms with Crippen LogP contribution >= 0.6 is 0 Å². The number of pyridine rings is 1. The van der Waals surface area contributed by atoms with Gasteiger partial charge in [-0.25, -0.2) is 4.98 Å². The number of imidazole rings is 1. The molecule has 2 aromatic heterocycles. The Bertz CT molecular complexity index is 828. The zero-order valence-electron chi connectivity index (χ0n) is 12.1. The highest BCUT2D eigenvalue weighted by Crippen LogP contribution is 2.27. The van der Waals surface area contributed by atoms with Gasteiger partial charge in [-0.2, -0.15) is 4.98 Å². The Morgan fingerprint density at radius 1 is 1.24 bits per heavy atom. The van der Waals surface area contributed by atoms with E-state index >= 15 is 0 Å². The van der Waals surface area contributed by atoms with Gasteiger partial charge in [0.1, 0.15) is 5.82 Å². The van der Waals surface area contributed by atoms with Gasteiger partial charge in [0, 0.05) is 17.8 Å². The van der Waals surface area contributed by atoms with E-state index in [0.717, 1.165) is 27.7 Å². The normalized spacial score (nSPS) is 12.8. The molecule has 1 atom stereocenters. The van der Waals surface area contributed by atoms with Crippen LogP contribution in [-0.2, 0) is 11.2 Å². The highest BCUT2D eigenvalue weighted by molar-refractivity contribution is 7.91. The van der Waals surface area contributed by atoms with Crippen LogP contribution in [0.3, 0.4) is 0 Å². The maximum Gasteiger partial charge on any atom is 0.327 e. The number of H-pyrrole nitrogens is 1. The Morgan fingerprint density at radius 3 is 2.76 bits per heavy atom. The van der Waals surface area contributed by atoms with Crippen LogP contribution in [-0.4, -0.2) is 19.5 Å². The maximum absolute atomic E-state index is 12.7. The van der Waals surface area contributed by atoms with Crippen molar-refractivity contribution in [1.82, 2.24) is 15.0 Å². The molecule has 21 heavy (non-hydrogen) atoms. The summed E-state index contributed by atoms with van der Waals surface area (Å²) in [7, 11) is 0. The molecule has 1 aromatic carbocycles. The molecule has 0 bridgehead atoms. The molecule has 0 aliphatic rings. The first-order valence-corrected chi connectivity index (χ1v) is 7.72. The van der Waals surface area contributed by atoms with Gasteiger partial charge >= 0.3 is 5.16 Å². The molecule has 1 unspecified atom stereocenters. The Balaban J connectivity index is 2.12. The van der Waals surface area contributed by atoms with Crippen LogP contribution in [0.25, 0.3) is 11.0 Å². The summed E-state index contributed by atoms with van der Waals surface area (Å²) < 4.78 is 12.7. The predicted octanol–water partition coefficient (Wildman–Crippen LogP) is 2.63. The minimum absolute atomic E-state index is 0.393. The van der Waals surface area contributed by atoms with Crippen molar-refractivity contribution in [1.29, 1.82) is 0 Å². The van der Waals surface area contributed by atoms with E-state index in [-0.39, 0.29) is 0 Å². The lowest BCUT2D eigenvalue weighted by Crippen LogP contribution is -2.08. The number of anilines is 1. The number of aromatic amines is 1. The summed E-state index contributed by atoms with van der Waals surface area (Å²) >= 11 is -1.40. The molecule has 0 spiro atoms. The maximum atomic E-state index is 12.7. The average Bonchev–Trinajstić information content (AvgIpc) is 2.85. The van der Waals surface area contributed by atoms with E-state index in [2.05, 4.69) is 21.0 Å². The minimum Gasteiger partial charge on any atom is -0.604 e. The Morgan fingerprint density at radius 2 is 2.00 bits per heavy atom. The summed E-state index contributed by atoms with van der Waals surface area (Å²) in [6, 6.07) is 5.78. The lowest BCUT2D eigenvalue weighted by molar-refractivity contribution is 0.587. The number of benzene rings is 1. The van der Waals surface area contributed by atoms with Crippen LogP contribution in [0.2, 0.25) is 0 Å². The van der Waals surface area contributed by atoms with Gasteiger partial charge in [0.15, 0.2) is 4.90 Å². The van der Waals surface area contributed by atoms with E-state index in [1.807, 2.05) is 26.8 Å². The van der Waals surface area contributed by atoms with E-state index in [1.165, 1.54) is 0 Å². The van der Waals surface area contributed by atoms with Crippen molar-refractivity contribution < 1.29 is 4.55 Å². The number of hydrogen-bond donors (Lipinski definition) is 2. The van der Waals surface area contributed by atoms with Gasteiger partial charge in [-0.15, -0.1) is 0 Å². The van der Waals surface area contributed by atoms with E-state index in [1.54, 1.807) is 12.3 Å². The van der Waals surface area contributed by atoms with Gasteiger partial charge in [0.2, 0.25) is 0 Å². The third-order valence-electron chi connectivity index (χ3n) is 3.47. The smallest absolute Gasteiger partial charge is 0.327 e. The Hall–Kier alpha value is -2.05. The Kier molecular flexibility index (Phi) is 3.35. The van der Waals surface area contributed by atoms with Crippen LogP contribution in [0.15, 0.2) is 34.4 Å². The molecule has 0 amide bonds. The molecular formula is C15H16N4OS. The summed E-state index contributed by atoms with van der Waals surface area (Å²) in [4.78, 5) is 12.3. The molecule has 0 aliphatic carbocycles. The van der Waals surface area contributed by atoms with E-state index < -0.39 is 11.2 Å². The number of aromatic nitrogens is 3. The van der Waals surface area contributed by atoms with Crippen LogP contribution in [0, 0.1) is 20.8 Å². The van der Waals surface area contributed by atoms with Gasteiger partial charge < -0.3 is 10.3 Å². The molecule has 0 fully saturated rings. The van der Waals surface area contributed by atoms with E-state index in [0.29, 0.717) is 15.9 Å². The molecule has 0 aliphatic heterocycles. The third kappa shape index (κ3) is 2.36. The molecule has 0 radical (unpaired) electrons. The van der Waals surface area contributed by atoms with Gasteiger partial charge in [0.05, 0.1) is 22.2 Å². The monoisotopic (exact) mass is 300 g/mol. The minimum atomic E-state index is -1.40. The number of nitrogens with two attached hydrogens (primary N) is 1. The lowest BCUT2D eigenvalue weighted by atomic mass is 10.1. The lowest BCUT2D eigenvalue weighted by Gasteiger charge is -2.09. The number of aryl methyl sites for hydroxylation is 2. The predicted molar refractivity (Wildman–Crippen MR) is 83.6 cm³/mol. The number of fused-ring (bicyclic) bond motifs is 1. The molecule has 0 saturated carbocycles. The first-order chi connectivity index (χ1) is 9.97. The number of nitrogens with one attached hydrogen (secondary N) is 1. The number of nitrogen functional groups attached to an aromatic ring is 1. The molecule has 3 rings (SSSR count). The summed E-state index contributed by atoms with van der Waals surface area (Å²) in [6.07, 6.45) is 1.56. The van der Waals surface area contributed by atoms with Crippen molar-refractivity contribution >= 4 is 28.0 Å². The average molecular weight is 300 g/mol. The molecule has 0 saturated heterocycles. The number of hydrogen-bond acceptors (Lipinski definition) is 4. The molecule has 2 heterocycles. The second-order valence-electron chi connectivity index (χ2n) is 5.11. The summed E-state index contributed by atoms with van der Waals surface area (Å²) in [5.41, 5.74) is 10.5. The molecule has 6 heteroatoms. The standard InChI is InChI=1S/C15H16N4OS/c1-8-6-9(2)13-11(7-8)18-15(19-13)21(20)12-4-5-17-14(16)10(12)3/h4-7H,1-3H3,(H2,16,17)(H,18,19). The highest BCUT2D eigenvalue weighted by atomic mass is 32.2. The van der Waals surface area contributed by atoms with Gasteiger partial charge in [0.25, 0.3) is 0 Å². The van der Waals surface area contributed by atoms with Crippen molar-refractivity contribution in [2.45, 2.75) is 30.8 Å². The number of nitrogens with zero attached hydrogens (tertiary/aromatic N) is 2. The molecule has 3 aromatic rings. The SMILES string of the molecule is Cc1cc(C)c2nc([S+]([O-])c3ccnc(N)c3C)[nH]c2c1. The fourth-order valence-electron chi connectivity index (χ4n) is 2.37. The van der Waals surface area contributed by atoms with Gasteiger partial charge in [-0.3, -0.25) is 4.98 Å². The van der Waals surface area contributed by atoms with Crippen LogP contribution < -0.4 is 5.73 Å². The molecule has 5 nitrogen and oxygen atoms in total. The summed E-state index contributed by atoms with van der Waals surface area (Å²) in [6.45, 7) is 5.84. The van der Waals surface area contributed by atoms with Gasteiger partial charge in [-0.05, 0) is 38.0 Å². The van der Waals surface area contributed by atoms with Crippen LogP contribution in [0.5, 0.6) is 0 Å². The van der Waals surface area contributed by atoms with Crippen LogP contribution in [0.1, 0.15) is 16.7 Å². The zero-order chi connectivity index (χ0) is 15.1. The fourth-order valence-corrected chi connectivity index (χ4v) is 3.53. The third-order valence-corrected chi connectivity index (χ3v) is 4.85. The van der Waals surface area contributed by atoms with Crippen molar-refractivity contribution in [3.05, 3.63) is 41.1 Å². The van der Waals surface area contributed by atoms with E-state index in [9.17, 15) is 4.55 Å². The fraction of sp³-hybridized carbons (Fsp3) is 0.200. The molecular weight excluding hydrogens is 284 g/mol. The zero-order valence-corrected chi connectivity index (χ0v) is 12.9. The van der Waals surface area contributed by atoms with Crippen molar-refractivity contribution in [2.24, 2.45) is 0 Å². The summed E-state index contributed by atoms with van der Waals surface area (Å²) in [5.74, 6) is 0.393. The van der Waals surface area contributed by atoms with Crippen molar-refractivity contribution in [3.63, 3.8) is 0 Å². The molecule has 108 valence electrons. The first kappa shape index (κ1) is 13.9. The largest absolute Gasteiger partial charge is 0.604 e. The topological polar surface area (TPSA) is 90.7 Å². The van der Waals surface area contributed by atoms with E-state index in [4.69, 9.17) is 5.73 Å². The Labute approximate surface area is 125 Å². The first-order valence-electron chi connectivity index (χ1n) is 6.57. The number of rotatable bonds is 2. The van der Waals surface area contributed by atoms with Crippen LogP contribution in [0.4, 0.5) is 5.82 Å². The van der Waals surface area contributed by atoms with Crippen molar-refractivity contribution in [2.75, 3.05) is 5.73 Å². The second kappa shape index (κ2) is 5.05. The second-order valence-corrected chi connectivity index (χ2v) is 6.47.